The lowest BCUT2D eigenvalue weighted by Gasteiger charge is -2.39. The molecule has 0 aromatic heterocycles. The van der Waals surface area contributed by atoms with Crippen molar-refractivity contribution in [2.45, 2.75) is 32.1 Å². The Morgan fingerprint density at radius 2 is 2.14 bits per heavy atom. The summed E-state index contributed by atoms with van der Waals surface area (Å²) >= 11 is 0. The number of fused-ring (bicyclic) bond motifs is 5. The average molecular weight is 274 g/mol. The minimum Gasteiger partial charge on any atom is -0.508 e. The van der Waals surface area contributed by atoms with E-state index in [1.807, 2.05) is 6.07 Å². The quantitative estimate of drug-likeness (QED) is 0.699. The summed E-state index contributed by atoms with van der Waals surface area (Å²) < 4.78 is 0. The van der Waals surface area contributed by atoms with Crippen molar-refractivity contribution in [3.8, 4) is 18.1 Å². The third kappa shape index (κ3) is 1.59. The van der Waals surface area contributed by atoms with Crippen LogP contribution in [0.2, 0.25) is 0 Å². The highest BCUT2D eigenvalue weighted by Gasteiger charge is 2.44. The first-order chi connectivity index (χ1) is 10.1. The van der Waals surface area contributed by atoms with Crippen LogP contribution in [0.3, 0.4) is 0 Å². The second-order valence-corrected chi connectivity index (χ2v) is 6.51. The summed E-state index contributed by atoms with van der Waals surface area (Å²) in [7, 11) is 0. The fraction of sp³-hybridized carbons (Fsp3) is 0.300. The van der Waals surface area contributed by atoms with Crippen molar-refractivity contribution in [1.82, 2.24) is 0 Å². The summed E-state index contributed by atoms with van der Waals surface area (Å²) in [6.45, 7) is 2.32. The van der Waals surface area contributed by atoms with Gasteiger partial charge in [0.05, 0.1) is 0 Å². The first-order valence-electron chi connectivity index (χ1n) is 7.55. The number of hydrogen-bond acceptors (Lipinski definition) is 1. The second-order valence-electron chi connectivity index (χ2n) is 6.51. The van der Waals surface area contributed by atoms with E-state index in [-0.39, 0.29) is 5.41 Å². The highest BCUT2D eigenvalue weighted by Crippen LogP contribution is 2.56. The van der Waals surface area contributed by atoms with Crippen molar-refractivity contribution in [3.05, 3.63) is 53.1 Å². The Balaban J connectivity index is 1.92. The van der Waals surface area contributed by atoms with Crippen LogP contribution in [0.4, 0.5) is 0 Å². The maximum absolute atomic E-state index is 9.66. The van der Waals surface area contributed by atoms with Crippen LogP contribution in [0.1, 0.15) is 36.8 Å². The Hall–Kier alpha value is -2.20. The van der Waals surface area contributed by atoms with E-state index in [0.717, 1.165) is 24.6 Å². The van der Waals surface area contributed by atoms with Crippen LogP contribution in [0.5, 0.6) is 5.75 Å². The predicted octanol–water partition coefficient (Wildman–Crippen LogP) is 4.54. The normalized spacial score (nSPS) is 26.9. The highest BCUT2D eigenvalue weighted by atomic mass is 16.3. The number of benzene rings is 2. The van der Waals surface area contributed by atoms with Crippen LogP contribution in [-0.2, 0) is 6.42 Å². The number of rotatable bonds is 0. The molecule has 1 N–H and O–H groups in total. The van der Waals surface area contributed by atoms with Gasteiger partial charge in [-0.3, -0.25) is 0 Å². The molecule has 0 aliphatic heterocycles. The Kier molecular flexibility index (Phi) is 2.48. The molecule has 0 heterocycles. The topological polar surface area (TPSA) is 20.2 Å². The molecule has 1 unspecified atom stereocenters. The summed E-state index contributed by atoms with van der Waals surface area (Å²) in [6, 6.07) is 10.1. The molecular weight excluding hydrogens is 256 g/mol. The number of aromatic hydroxyl groups is 1. The van der Waals surface area contributed by atoms with Gasteiger partial charge in [0.25, 0.3) is 0 Å². The monoisotopic (exact) mass is 274 g/mol. The van der Waals surface area contributed by atoms with Crippen LogP contribution >= 0.6 is 0 Å². The van der Waals surface area contributed by atoms with E-state index >= 15 is 0 Å². The minimum atomic E-state index is 0.131. The zero-order chi connectivity index (χ0) is 14.6. The summed E-state index contributed by atoms with van der Waals surface area (Å²) in [5.41, 5.74) is 4.21. The Labute approximate surface area is 125 Å². The Morgan fingerprint density at radius 1 is 1.29 bits per heavy atom. The van der Waals surface area contributed by atoms with Gasteiger partial charge in [-0.15, -0.1) is 6.42 Å². The summed E-state index contributed by atoms with van der Waals surface area (Å²) in [5.74, 6) is 3.75. The summed E-state index contributed by atoms with van der Waals surface area (Å²) in [5, 5.41) is 12.1. The van der Waals surface area contributed by atoms with Gasteiger partial charge in [-0.1, -0.05) is 37.1 Å². The smallest absolute Gasteiger partial charge is 0.116 e. The molecule has 0 saturated heterocycles. The minimum absolute atomic E-state index is 0.131. The van der Waals surface area contributed by atoms with Gasteiger partial charge in [0.1, 0.15) is 5.75 Å². The lowest BCUT2D eigenvalue weighted by molar-refractivity contribution is 0.301. The van der Waals surface area contributed by atoms with Crippen molar-refractivity contribution < 1.29 is 5.11 Å². The van der Waals surface area contributed by atoms with Crippen molar-refractivity contribution >= 4 is 10.8 Å². The van der Waals surface area contributed by atoms with E-state index in [1.165, 1.54) is 22.1 Å². The molecule has 2 aliphatic rings. The molecule has 2 atom stereocenters. The lowest BCUT2D eigenvalue weighted by atomic mass is 9.64. The van der Waals surface area contributed by atoms with Gasteiger partial charge in [-0.2, -0.15) is 0 Å². The van der Waals surface area contributed by atoms with Gasteiger partial charge >= 0.3 is 0 Å². The van der Waals surface area contributed by atoms with Crippen LogP contribution < -0.4 is 0 Å². The van der Waals surface area contributed by atoms with E-state index < -0.39 is 0 Å². The third-order valence-corrected chi connectivity index (χ3v) is 5.52. The van der Waals surface area contributed by atoms with Gasteiger partial charge in [-0.25, -0.2) is 0 Å². The Morgan fingerprint density at radius 3 is 2.95 bits per heavy atom. The van der Waals surface area contributed by atoms with Crippen LogP contribution in [-0.4, -0.2) is 5.11 Å². The molecule has 1 heteroatoms. The molecule has 2 aromatic carbocycles. The van der Waals surface area contributed by atoms with E-state index in [1.54, 1.807) is 6.07 Å². The number of aryl methyl sites for hydroxylation is 1. The van der Waals surface area contributed by atoms with Gasteiger partial charge in [0.15, 0.2) is 0 Å². The highest BCUT2D eigenvalue weighted by molar-refractivity contribution is 5.88. The number of phenolic OH excluding ortho intramolecular Hbond substituents is 1. The van der Waals surface area contributed by atoms with Gasteiger partial charge < -0.3 is 5.11 Å². The lowest BCUT2D eigenvalue weighted by Crippen LogP contribution is -2.29. The Bertz CT molecular complexity index is 822. The number of terminal acetylenes is 1. The molecule has 0 bridgehead atoms. The number of hydrogen-bond donors (Lipinski definition) is 1. The van der Waals surface area contributed by atoms with Gasteiger partial charge in [-0.05, 0) is 59.2 Å². The summed E-state index contributed by atoms with van der Waals surface area (Å²) in [6.07, 6.45) is 11.2. The molecule has 0 amide bonds. The predicted molar refractivity (Wildman–Crippen MR) is 86.3 cm³/mol. The summed E-state index contributed by atoms with van der Waals surface area (Å²) in [4.78, 5) is 0. The molecular formula is C20H18O. The largest absolute Gasteiger partial charge is 0.508 e. The van der Waals surface area contributed by atoms with Crippen molar-refractivity contribution in [2.75, 3.05) is 0 Å². The zero-order valence-electron chi connectivity index (χ0n) is 12.2. The van der Waals surface area contributed by atoms with Crippen LogP contribution in [0.15, 0.2) is 42.0 Å². The number of phenols is 1. The fourth-order valence-corrected chi connectivity index (χ4v) is 4.31. The molecule has 0 radical (unpaired) electrons. The molecule has 0 fully saturated rings. The maximum atomic E-state index is 9.66. The van der Waals surface area contributed by atoms with E-state index in [2.05, 4.69) is 37.1 Å². The molecule has 2 aliphatic carbocycles. The third-order valence-electron chi connectivity index (χ3n) is 5.52. The van der Waals surface area contributed by atoms with Gasteiger partial charge in [0.2, 0.25) is 0 Å². The fourth-order valence-electron chi connectivity index (χ4n) is 4.31. The van der Waals surface area contributed by atoms with Crippen molar-refractivity contribution in [3.63, 3.8) is 0 Å². The molecule has 0 saturated carbocycles. The van der Waals surface area contributed by atoms with E-state index in [9.17, 15) is 5.11 Å². The van der Waals surface area contributed by atoms with E-state index in [4.69, 9.17) is 6.42 Å². The zero-order valence-corrected chi connectivity index (χ0v) is 12.2. The first-order valence-corrected chi connectivity index (χ1v) is 7.55. The second kappa shape index (κ2) is 4.15. The average Bonchev–Trinajstić information content (AvgIpc) is 2.83. The molecule has 104 valence electrons. The van der Waals surface area contributed by atoms with E-state index in [0.29, 0.717) is 11.7 Å². The maximum Gasteiger partial charge on any atom is 0.116 e. The molecule has 2 aromatic rings. The number of allylic oxidation sites excluding steroid dienone is 2. The van der Waals surface area contributed by atoms with Crippen molar-refractivity contribution in [2.24, 2.45) is 5.41 Å². The van der Waals surface area contributed by atoms with Crippen molar-refractivity contribution in [1.29, 1.82) is 0 Å². The molecule has 1 nitrogen and oxygen atoms in total. The molecule has 4 rings (SSSR count). The standard InChI is InChI=1S/C20H18O/c1-3-14-5-9-19-18-7-4-13-12-15(21)6-8-16(13)17(18)10-11-20(14,19)2/h1,4-8,12,19,21H,9-11H2,2H3/t19?,20-/m1/s1. The van der Waals surface area contributed by atoms with Gasteiger partial charge in [0, 0.05) is 11.0 Å². The van der Waals surface area contributed by atoms with Crippen LogP contribution in [0, 0.1) is 17.8 Å². The molecule has 0 spiro atoms. The van der Waals surface area contributed by atoms with Crippen LogP contribution in [0.25, 0.3) is 10.8 Å². The SMILES string of the molecule is C#CC1=CCC2c3ccc4cc(O)ccc4c3CC[C@]12C. The molecule has 21 heavy (non-hydrogen) atoms. The first kappa shape index (κ1) is 12.5.